The summed E-state index contributed by atoms with van der Waals surface area (Å²) in [5.74, 6) is 0.193. The van der Waals surface area contributed by atoms with Crippen molar-refractivity contribution in [3.05, 3.63) is 28.7 Å². The molecule has 0 bridgehead atoms. The third-order valence-electron chi connectivity index (χ3n) is 3.80. The van der Waals surface area contributed by atoms with Crippen LogP contribution in [0.2, 0.25) is 0 Å². The molecule has 1 aromatic heterocycles. The Hall–Kier alpha value is -1.82. The minimum absolute atomic E-state index is 0.0382. The van der Waals surface area contributed by atoms with Crippen LogP contribution >= 0.6 is 0 Å². The molecule has 6 heteroatoms. The highest BCUT2D eigenvalue weighted by Crippen LogP contribution is 2.14. The van der Waals surface area contributed by atoms with Crippen LogP contribution in [0.25, 0.3) is 0 Å². The first kappa shape index (κ1) is 16.5. The number of carbonyl (C=O) groups excluding carboxylic acids is 1. The average Bonchev–Trinajstić information content (AvgIpc) is 2.55. The molecule has 1 aliphatic heterocycles. The first-order valence-corrected chi connectivity index (χ1v) is 7.78. The van der Waals surface area contributed by atoms with E-state index >= 15 is 0 Å². The van der Waals surface area contributed by atoms with Gasteiger partial charge < -0.3 is 18.9 Å². The normalized spacial score (nSPS) is 18.3. The monoisotopic (exact) mass is 308 g/mol. The van der Waals surface area contributed by atoms with Crippen molar-refractivity contribution in [3.8, 4) is 5.75 Å². The quantitative estimate of drug-likeness (QED) is 0.794. The van der Waals surface area contributed by atoms with Crippen molar-refractivity contribution in [2.24, 2.45) is 0 Å². The first-order valence-electron chi connectivity index (χ1n) is 7.78. The van der Waals surface area contributed by atoms with Gasteiger partial charge in [0.15, 0.2) is 5.75 Å². The smallest absolute Gasteiger partial charge is 0.293 e. The van der Waals surface area contributed by atoms with Crippen molar-refractivity contribution in [3.63, 3.8) is 0 Å². The molecule has 1 saturated heterocycles. The predicted molar refractivity (Wildman–Crippen MR) is 83.1 cm³/mol. The van der Waals surface area contributed by atoms with Crippen molar-refractivity contribution in [2.75, 3.05) is 26.8 Å². The van der Waals surface area contributed by atoms with Crippen LogP contribution in [0.15, 0.2) is 23.1 Å². The van der Waals surface area contributed by atoms with Gasteiger partial charge in [-0.15, -0.1) is 0 Å². The summed E-state index contributed by atoms with van der Waals surface area (Å²) >= 11 is 0. The Morgan fingerprint density at radius 2 is 2.27 bits per heavy atom. The molecule has 1 fully saturated rings. The Labute approximate surface area is 130 Å². The van der Waals surface area contributed by atoms with E-state index in [1.54, 1.807) is 23.2 Å². The fraction of sp³-hybridized carbons (Fsp3) is 0.625. The molecule has 1 aliphatic rings. The van der Waals surface area contributed by atoms with Gasteiger partial charge in [0.2, 0.25) is 5.91 Å². The summed E-state index contributed by atoms with van der Waals surface area (Å²) < 4.78 is 12.1. The number of ether oxygens (including phenoxy) is 2. The number of rotatable bonds is 6. The van der Waals surface area contributed by atoms with E-state index in [4.69, 9.17) is 9.47 Å². The molecule has 0 saturated carbocycles. The second kappa shape index (κ2) is 7.98. The molecule has 1 atom stereocenters. The van der Waals surface area contributed by atoms with E-state index in [0.29, 0.717) is 6.54 Å². The molecule has 6 nitrogen and oxygen atoms in total. The molecule has 1 aromatic rings. The lowest BCUT2D eigenvalue weighted by Gasteiger charge is -2.32. The number of carbonyl (C=O) groups is 1. The minimum Gasteiger partial charge on any atom is -0.491 e. The van der Waals surface area contributed by atoms with Crippen molar-refractivity contribution in [1.82, 2.24) is 9.47 Å². The summed E-state index contributed by atoms with van der Waals surface area (Å²) in [6.07, 6.45) is 4.62. The predicted octanol–water partition coefficient (Wildman–Crippen LogP) is 1.27. The Morgan fingerprint density at radius 1 is 1.45 bits per heavy atom. The summed E-state index contributed by atoms with van der Waals surface area (Å²) in [4.78, 5) is 26.3. The Morgan fingerprint density at radius 3 is 3.00 bits per heavy atom. The molecule has 122 valence electrons. The van der Waals surface area contributed by atoms with E-state index in [2.05, 4.69) is 6.92 Å². The summed E-state index contributed by atoms with van der Waals surface area (Å²) in [7, 11) is 1.45. The lowest BCUT2D eigenvalue weighted by molar-refractivity contribution is -0.136. The van der Waals surface area contributed by atoms with Crippen LogP contribution in [-0.2, 0) is 16.1 Å². The molecule has 0 unspecified atom stereocenters. The number of pyridine rings is 1. The van der Waals surface area contributed by atoms with Gasteiger partial charge >= 0.3 is 0 Å². The highest BCUT2D eigenvalue weighted by Gasteiger charge is 2.24. The summed E-state index contributed by atoms with van der Waals surface area (Å²) in [6, 6.07) is 3.30. The van der Waals surface area contributed by atoms with Crippen molar-refractivity contribution < 1.29 is 14.3 Å². The molecule has 0 aliphatic carbocycles. The molecule has 1 amide bonds. The number of piperidine rings is 1. The fourth-order valence-corrected chi connectivity index (χ4v) is 2.63. The van der Waals surface area contributed by atoms with E-state index in [1.165, 1.54) is 11.7 Å². The van der Waals surface area contributed by atoms with Crippen molar-refractivity contribution in [1.29, 1.82) is 0 Å². The standard InChI is InChI=1S/C16H24N2O4/c1-3-10-22-13-6-4-8-17(11-13)15(19)12-18-9-5-7-14(21-2)16(18)20/h5,7,9,13H,3-4,6,8,10-12H2,1-2H3/t13-/m1/s1. The molecule has 0 spiro atoms. The number of methoxy groups -OCH3 is 1. The molecule has 0 N–H and O–H groups in total. The number of likely N-dealkylation sites (tertiary alicyclic amines) is 1. The van der Waals surface area contributed by atoms with Gasteiger partial charge in [0.1, 0.15) is 6.54 Å². The number of aromatic nitrogens is 1. The lowest BCUT2D eigenvalue weighted by Crippen LogP contribution is -2.45. The number of hydrogen-bond acceptors (Lipinski definition) is 4. The zero-order valence-corrected chi connectivity index (χ0v) is 13.3. The van der Waals surface area contributed by atoms with Gasteiger partial charge in [-0.3, -0.25) is 9.59 Å². The van der Waals surface area contributed by atoms with E-state index < -0.39 is 0 Å². The maximum atomic E-state index is 12.4. The van der Waals surface area contributed by atoms with E-state index in [9.17, 15) is 9.59 Å². The molecular weight excluding hydrogens is 284 g/mol. The zero-order chi connectivity index (χ0) is 15.9. The van der Waals surface area contributed by atoms with E-state index in [-0.39, 0.29) is 29.9 Å². The average molecular weight is 308 g/mol. The van der Waals surface area contributed by atoms with E-state index in [1.807, 2.05) is 0 Å². The van der Waals surface area contributed by atoms with E-state index in [0.717, 1.165) is 32.4 Å². The van der Waals surface area contributed by atoms with Crippen LogP contribution in [0, 0.1) is 0 Å². The Bertz CT molecular complexity index is 555. The topological polar surface area (TPSA) is 60.8 Å². The minimum atomic E-state index is -0.283. The number of nitrogens with zero attached hydrogens (tertiary/aromatic N) is 2. The van der Waals surface area contributed by atoms with Crippen LogP contribution in [-0.4, -0.2) is 48.3 Å². The second-order valence-corrected chi connectivity index (χ2v) is 5.48. The first-order chi connectivity index (χ1) is 10.7. The van der Waals surface area contributed by atoms with Gasteiger partial charge in [0.25, 0.3) is 5.56 Å². The van der Waals surface area contributed by atoms with Gasteiger partial charge in [-0.25, -0.2) is 0 Å². The molecule has 2 rings (SSSR count). The molecule has 2 heterocycles. The summed E-state index contributed by atoms with van der Waals surface area (Å²) in [6.45, 7) is 4.17. The van der Waals surface area contributed by atoms with Gasteiger partial charge in [0, 0.05) is 25.9 Å². The molecular formula is C16H24N2O4. The number of amides is 1. The zero-order valence-electron chi connectivity index (χ0n) is 13.3. The summed E-state index contributed by atoms with van der Waals surface area (Å²) in [5, 5.41) is 0. The Kier molecular flexibility index (Phi) is 6.00. The summed E-state index contributed by atoms with van der Waals surface area (Å²) in [5.41, 5.74) is -0.283. The lowest BCUT2D eigenvalue weighted by atomic mass is 10.1. The Balaban J connectivity index is 1.98. The van der Waals surface area contributed by atoms with Gasteiger partial charge in [-0.1, -0.05) is 6.92 Å². The fourth-order valence-electron chi connectivity index (χ4n) is 2.63. The van der Waals surface area contributed by atoms with Crippen molar-refractivity contribution in [2.45, 2.75) is 38.8 Å². The van der Waals surface area contributed by atoms with Gasteiger partial charge in [-0.05, 0) is 31.4 Å². The number of hydrogen-bond donors (Lipinski definition) is 0. The molecule has 0 radical (unpaired) electrons. The highest BCUT2D eigenvalue weighted by molar-refractivity contribution is 5.76. The SMILES string of the molecule is CCCO[C@@H]1CCCN(C(=O)Cn2cccc(OC)c2=O)C1. The maximum absolute atomic E-state index is 12.4. The van der Waals surface area contributed by atoms with Gasteiger partial charge in [-0.2, -0.15) is 0 Å². The largest absolute Gasteiger partial charge is 0.491 e. The maximum Gasteiger partial charge on any atom is 0.293 e. The van der Waals surface area contributed by atoms with Crippen LogP contribution in [0.3, 0.4) is 0 Å². The molecule has 0 aromatic carbocycles. The molecule has 22 heavy (non-hydrogen) atoms. The third kappa shape index (κ3) is 4.10. The van der Waals surface area contributed by atoms with Crippen LogP contribution in [0.5, 0.6) is 5.75 Å². The van der Waals surface area contributed by atoms with Crippen LogP contribution in [0.1, 0.15) is 26.2 Å². The van der Waals surface area contributed by atoms with Crippen molar-refractivity contribution >= 4 is 5.91 Å². The third-order valence-corrected chi connectivity index (χ3v) is 3.80. The van der Waals surface area contributed by atoms with Crippen LogP contribution < -0.4 is 10.3 Å². The van der Waals surface area contributed by atoms with Crippen LogP contribution in [0.4, 0.5) is 0 Å². The van der Waals surface area contributed by atoms with Gasteiger partial charge in [0.05, 0.1) is 13.2 Å². The highest BCUT2D eigenvalue weighted by atomic mass is 16.5. The second-order valence-electron chi connectivity index (χ2n) is 5.48.